The summed E-state index contributed by atoms with van der Waals surface area (Å²) in [6.45, 7) is -0.180. The second-order valence-corrected chi connectivity index (χ2v) is 5.41. The van der Waals surface area contributed by atoms with Crippen molar-refractivity contribution in [3.05, 3.63) is 28.8 Å². The molecular formula is C14H18ClF2NO. The van der Waals surface area contributed by atoms with Crippen molar-refractivity contribution in [2.75, 3.05) is 0 Å². The van der Waals surface area contributed by atoms with Gasteiger partial charge in [0.25, 0.3) is 0 Å². The highest BCUT2D eigenvalue weighted by Crippen LogP contribution is 2.35. The summed E-state index contributed by atoms with van der Waals surface area (Å²) < 4.78 is 29.2. The van der Waals surface area contributed by atoms with E-state index in [0.29, 0.717) is 17.1 Å². The number of nitrogens with one attached hydrogen (secondary N) is 1. The van der Waals surface area contributed by atoms with Crippen molar-refractivity contribution in [1.29, 1.82) is 0 Å². The second kappa shape index (κ2) is 6.06. The molecule has 0 bridgehead atoms. The van der Waals surface area contributed by atoms with Crippen LogP contribution in [0.25, 0.3) is 0 Å². The minimum atomic E-state index is -2.82. The van der Waals surface area contributed by atoms with Crippen molar-refractivity contribution in [3.63, 3.8) is 0 Å². The third kappa shape index (κ3) is 3.57. The van der Waals surface area contributed by atoms with Crippen molar-refractivity contribution >= 4 is 11.6 Å². The van der Waals surface area contributed by atoms with Crippen LogP contribution in [0.5, 0.6) is 5.75 Å². The molecule has 1 saturated carbocycles. The lowest BCUT2D eigenvalue weighted by Gasteiger charge is -2.42. The molecular weight excluding hydrogens is 272 g/mol. The number of hydrogen-bond acceptors (Lipinski definition) is 2. The Hall–Kier alpha value is -0.870. The largest absolute Gasteiger partial charge is 0.434 e. The summed E-state index contributed by atoms with van der Waals surface area (Å²) in [5, 5.41) is 3.98. The van der Waals surface area contributed by atoms with Crippen LogP contribution >= 0.6 is 11.6 Å². The first-order chi connectivity index (χ1) is 9.04. The Morgan fingerprint density at radius 2 is 2.16 bits per heavy atom. The smallest absolute Gasteiger partial charge is 0.387 e. The molecule has 0 aliphatic heterocycles. The van der Waals surface area contributed by atoms with Gasteiger partial charge in [-0.25, -0.2) is 0 Å². The van der Waals surface area contributed by atoms with Gasteiger partial charge >= 0.3 is 6.61 Å². The third-order valence-electron chi connectivity index (χ3n) is 3.88. The van der Waals surface area contributed by atoms with Crippen LogP contribution in [-0.2, 0) is 6.54 Å². The predicted octanol–water partition coefficient (Wildman–Crippen LogP) is 4.36. The molecule has 1 aromatic rings. The van der Waals surface area contributed by atoms with Crippen LogP contribution in [0.3, 0.4) is 0 Å². The molecule has 1 aliphatic carbocycles. The normalized spacial score (nSPS) is 17.3. The van der Waals surface area contributed by atoms with Gasteiger partial charge in [-0.15, -0.1) is 0 Å². The van der Waals surface area contributed by atoms with E-state index in [1.54, 1.807) is 12.1 Å². The van der Waals surface area contributed by atoms with E-state index in [1.807, 2.05) is 0 Å². The van der Waals surface area contributed by atoms with Crippen molar-refractivity contribution in [2.24, 2.45) is 0 Å². The summed E-state index contributed by atoms with van der Waals surface area (Å²) in [6, 6.07) is 4.72. The summed E-state index contributed by atoms with van der Waals surface area (Å²) in [6.07, 6.45) is 4.53. The molecule has 19 heavy (non-hydrogen) atoms. The van der Waals surface area contributed by atoms with E-state index in [2.05, 4.69) is 17.0 Å². The summed E-state index contributed by atoms with van der Waals surface area (Å²) in [4.78, 5) is 0. The molecule has 2 nitrogen and oxygen atoms in total. The zero-order valence-electron chi connectivity index (χ0n) is 10.9. The molecule has 106 valence electrons. The molecule has 0 spiro atoms. The Kier molecular flexibility index (Phi) is 4.63. The van der Waals surface area contributed by atoms with Crippen LogP contribution in [0.1, 0.15) is 38.2 Å². The van der Waals surface area contributed by atoms with E-state index in [4.69, 9.17) is 11.6 Å². The molecule has 0 heterocycles. The van der Waals surface area contributed by atoms with Crippen molar-refractivity contribution in [3.8, 4) is 5.75 Å². The molecule has 1 fully saturated rings. The summed E-state index contributed by atoms with van der Waals surface area (Å²) in [5.74, 6) is 0.192. The quantitative estimate of drug-likeness (QED) is 0.840. The van der Waals surface area contributed by atoms with E-state index in [9.17, 15) is 8.78 Å². The molecule has 0 saturated heterocycles. The molecule has 1 aliphatic rings. The Labute approximate surface area is 117 Å². The minimum Gasteiger partial charge on any atom is -0.434 e. The van der Waals surface area contributed by atoms with Gasteiger partial charge in [0.15, 0.2) is 0 Å². The zero-order valence-corrected chi connectivity index (χ0v) is 11.6. The van der Waals surface area contributed by atoms with Gasteiger partial charge < -0.3 is 10.1 Å². The van der Waals surface area contributed by atoms with Gasteiger partial charge in [-0.05, 0) is 43.9 Å². The van der Waals surface area contributed by atoms with E-state index >= 15 is 0 Å². The van der Waals surface area contributed by atoms with E-state index < -0.39 is 6.61 Å². The topological polar surface area (TPSA) is 21.3 Å². The van der Waals surface area contributed by atoms with Crippen molar-refractivity contribution in [1.82, 2.24) is 5.32 Å². The predicted molar refractivity (Wildman–Crippen MR) is 71.8 cm³/mol. The van der Waals surface area contributed by atoms with E-state index in [-0.39, 0.29) is 11.3 Å². The number of alkyl halides is 2. The first kappa shape index (κ1) is 14.5. The van der Waals surface area contributed by atoms with Crippen LogP contribution in [0.15, 0.2) is 18.2 Å². The van der Waals surface area contributed by atoms with Gasteiger partial charge in [-0.1, -0.05) is 18.5 Å². The molecule has 0 aromatic heterocycles. The molecule has 0 atom stereocenters. The summed E-state index contributed by atoms with van der Waals surface area (Å²) >= 11 is 5.91. The maximum absolute atomic E-state index is 12.3. The first-order valence-electron chi connectivity index (χ1n) is 6.53. The lowest BCUT2D eigenvalue weighted by Crippen LogP contribution is -2.49. The van der Waals surface area contributed by atoms with Gasteiger partial charge in [0.2, 0.25) is 0 Å². The fraction of sp³-hybridized carbons (Fsp3) is 0.571. The monoisotopic (exact) mass is 289 g/mol. The number of benzene rings is 1. The highest BCUT2D eigenvalue weighted by molar-refractivity contribution is 6.30. The Morgan fingerprint density at radius 3 is 2.68 bits per heavy atom. The summed E-state index contributed by atoms with van der Waals surface area (Å²) in [7, 11) is 0. The molecule has 1 aromatic carbocycles. The van der Waals surface area contributed by atoms with Crippen molar-refractivity contribution in [2.45, 2.75) is 51.3 Å². The fourth-order valence-corrected chi connectivity index (χ4v) is 2.63. The molecule has 2 rings (SSSR count). The third-order valence-corrected chi connectivity index (χ3v) is 4.11. The maximum Gasteiger partial charge on any atom is 0.387 e. The van der Waals surface area contributed by atoms with Crippen LogP contribution in [0, 0.1) is 0 Å². The molecule has 1 N–H and O–H groups in total. The highest BCUT2D eigenvalue weighted by Gasteiger charge is 2.34. The van der Waals surface area contributed by atoms with Crippen molar-refractivity contribution < 1.29 is 13.5 Å². The lowest BCUT2D eigenvalue weighted by molar-refractivity contribution is -0.0505. The van der Waals surface area contributed by atoms with Gasteiger partial charge in [-0.2, -0.15) is 8.78 Å². The van der Waals surface area contributed by atoms with E-state index in [0.717, 1.165) is 19.3 Å². The van der Waals surface area contributed by atoms with Crippen LogP contribution in [0.2, 0.25) is 5.02 Å². The lowest BCUT2D eigenvalue weighted by atomic mass is 9.75. The standard InChI is InChI=1S/C14H18ClF2NO/c1-2-14(6-3-7-14)18-9-10-8-11(15)4-5-12(10)19-13(16)17/h4-5,8,13,18H,2-3,6-7,9H2,1H3. The molecule has 5 heteroatoms. The Bertz CT molecular complexity index is 430. The van der Waals surface area contributed by atoms with Crippen LogP contribution < -0.4 is 10.1 Å². The average molecular weight is 290 g/mol. The summed E-state index contributed by atoms with van der Waals surface area (Å²) in [5.41, 5.74) is 0.831. The Balaban J connectivity index is 2.07. The van der Waals surface area contributed by atoms with Gasteiger partial charge in [0.05, 0.1) is 0 Å². The number of hydrogen-bond donors (Lipinski definition) is 1. The SMILES string of the molecule is CCC1(NCc2cc(Cl)ccc2OC(F)F)CCC1. The maximum atomic E-state index is 12.3. The van der Waals surface area contributed by atoms with Crippen LogP contribution in [-0.4, -0.2) is 12.2 Å². The zero-order chi connectivity index (χ0) is 13.9. The average Bonchev–Trinajstić information content (AvgIpc) is 2.31. The van der Waals surface area contributed by atoms with Gasteiger partial charge in [0, 0.05) is 22.7 Å². The van der Waals surface area contributed by atoms with Gasteiger partial charge in [0.1, 0.15) is 5.75 Å². The second-order valence-electron chi connectivity index (χ2n) is 4.97. The molecule has 0 radical (unpaired) electrons. The van der Waals surface area contributed by atoms with Crippen LogP contribution in [0.4, 0.5) is 8.78 Å². The van der Waals surface area contributed by atoms with Gasteiger partial charge in [-0.3, -0.25) is 0 Å². The number of rotatable bonds is 6. The highest BCUT2D eigenvalue weighted by atomic mass is 35.5. The first-order valence-corrected chi connectivity index (χ1v) is 6.91. The minimum absolute atomic E-state index is 0.157. The fourth-order valence-electron chi connectivity index (χ4n) is 2.44. The molecule has 0 unspecified atom stereocenters. The number of halogens is 3. The molecule has 0 amide bonds. The Morgan fingerprint density at radius 1 is 1.42 bits per heavy atom. The number of ether oxygens (including phenoxy) is 1. The van der Waals surface area contributed by atoms with E-state index in [1.165, 1.54) is 12.5 Å².